The van der Waals surface area contributed by atoms with Crippen molar-refractivity contribution >= 4 is 11.9 Å². The summed E-state index contributed by atoms with van der Waals surface area (Å²) >= 11 is 0. The summed E-state index contributed by atoms with van der Waals surface area (Å²) in [6.07, 6.45) is 1.91. The number of hydrogen-bond donors (Lipinski definition) is 3. The van der Waals surface area contributed by atoms with Crippen LogP contribution in [0.25, 0.3) is 0 Å². The minimum absolute atomic E-state index is 0.0700. The minimum atomic E-state index is -0.251. The number of nitrogens with zero attached hydrogens (tertiary/aromatic N) is 1. The molecule has 1 fully saturated rings. The molecule has 0 aromatic rings. The molecule has 1 unspecified atom stereocenters. The first-order chi connectivity index (χ1) is 10.2. The fourth-order valence-corrected chi connectivity index (χ4v) is 2.26. The van der Waals surface area contributed by atoms with Crippen LogP contribution in [-0.2, 0) is 14.3 Å². The lowest BCUT2D eigenvalue weighted by Gasteiger charge is -2.24. The summed E-state index contributed by atoms with van der Waals surface area (Å²) in [5.74, 6) is 0.421. The Balaban J connectivity index is 2.51. The fraction of sp³-hybridized carbons (Fsp3) is 0.857. The second-order valence-electron chi connectivity index (χ2n) is 5.22. The Labute approximate surface area is 126 Å². The van der Waals surface area contributed by atoms with Crippen LogP contribution < -0.4 is 10.6 Å². The van der Waals surface area contributed by atoms with Crippen LogP contribution in [0.4, 0.5) is 0 Å². The van der Waals surface area contributed by atoms with Gasteiger partial charge in [-0.05, 0) is 19.8 Å². The Hall–Kier alpha value is -1.34. The SMILES string of the molecule is CCNC(=NCC1(CCO)CCOC1)NCCC(=O)OC. The Morgan fingerprint density at radius 1 is 1.48 bits per heavy atom. The molecule has 0 aromatic carbocycles. The van der Waals surface area contributed by atoms with Gasteiger partial charge in [-0.1, -0.05) is 0 Å². The lowest BCUT2D eigenvalue weighted by atomic mass is 9.84. The molecule has 0 aliphatic carbocycles. The van der Waals surface area contributed by atoms with Gasteiger partial charge in [-0.15, -0.1) is 0 Å². The van der Waals surface area contributed by atoms with Crippen LogP contribution in [0.3, 0.4) is 0 Å². The molecular formula is C14H27N3O4. The maximum atomic E-state index is 11.1. The molecule has 1 aliphatic heterocycles. The van der Waals surface area contributed by atoms with Crippen molar-refractivity contribution < 1.29 is 19.4 Å². The topological polar surface area (TPSA) is 92.2 Å². The fourth-order valence-electron chi connectivity index (χ4n) is 2.26. The molecular weight excluding hydrogens is 274 g/mol. The van der Waals surface area contributed by atoms with Crippen molar-refractivity contribution in [2.24, 2.45) is 10.4 Å². The number of carbonyl (C=O) groups is 1. The average Bonchev–Trinajstić information content (AvgIpc) is 2.94. The van der Waals surface area contributed by atoms with Gasteiger partial charge in [0.1, 0.15) is 0 Å². The number of carbonyl (C=O) groups excluding carboxylic acids is 1. The van der Waals surface area contributed by atoms with Crippen molar-refractivity contribution in [2.75, 3.05) is 46.6 Å². The molecule has 0 aromatic heterocycles. The predicted molar refractivity (Wildman–Crippen MR) is 80.2 cm³/mol. The van der Waals surface area contributed by atoms with Crippen LogP contribution in [-0.4, -0.2) is 63.6 Å². The molecule has 3 N–H and O–H groups in total. The molecule has 0 saturated carbocycles. The van der Waals surface area contributed by atoms with Gasteiger partial charge in [0.05, 0.1) is 26.7 Å². The van der Waals surface area contributed by atoms with Gasteiger partial charge < -0.3 is 25.2 Å². The Morgan fingerprint density at radius 2 is 2.29 bits per heavy atom. The number of ether oxygens (including phenoxy) is 2. The van der Waals surface area contributed by atoms with E-state index in [0.29, 0.717) is 38.5 Å². The van der Waals surface area contributed by atoms with Crippen LogP contribution in [0.5, 0.6) is 0 Å². The molecule has 7 heteroatoms. The summed E-state index contributed by atoms with van der Waals surface area (Å²) in [6, 6.07) is 0. The normalized spacial score (nSPS) is 22.1. The largest absolute Gasteiger partial charge is 0.469 e. The van der Waals surface area contributed by atoms with E-state index < -0.39 is 0 Å². The smallest absolute Gasteiger partial charge is 0.307 e. The van der Waals surface area contributed by atoms with Crippen molar-refractivity contribution in [2.45, 2.75) is 26.2 Å². The average molecular weight is 301 g/mol. The Morgan fingerprint density at radius 3 is 2.86 bits per heavy atom. The van der Waals surface area contributed by atoms with E-state index in [1.54, 1.807) is 0 Å². The maximum Gasteiger partial charge on any atom is 0.307 e. The molecule has 0 spiro atoms. The second-order valence-corrected chi connectivity index (χ2v) is 5.22. The predicted octanol–water partition coefficient (Wildman–Crippen LogP) is -0.106. The van der Waals surface area contributed by atoms with Gasteiger partial charge in [-0.25, -0.2) is 0 Å². The zero-order valence-corrected chi connectivity index (χ0v) is 13.0. The highest BCUT2D eigenvalue weighted by Crippen LogP contribution is 2.32. The molecule has 7 nitrogen and oxygen atoms in total. The Kier molecular flexibility index (Phi) is 8.07. The number of aliphatic hydroxyl groups is 1. The number of guanidine groups is 1. The minimum Gasteiger partial charge on any atom is -0.469 e. The van der Waals surface area contributed by atoms with Crippen molar-refractivity contribution in [3.05, 3.63) is 0 Å². The summed E-state index contributed by atoms with van der Waals surface area (Å²) in [5, 5.41) is 15.4. The number of hydrogen-bond acceptors (Lipinski definition) is 5. The van der Waals surface area contributed by atoms with E-state index in [1.807, 2.05) is 6.92 Å². The van der Waals surface area contributed by atoms with E-state index in [2.05, 4.69) is 20.4 Å². The third kappa shape index (κ3) is 6.31. The number of esters is 1. The van der Waals surface area contributed by atoms with E-state index in [1.165, 1.54) is 7.11 Å². The molecule has 1 aliphatic rings. The molecule has 0 amide bonds. The van der Waals surface area contributed by atoms with E-state index in [0.717, 1.165) is 19.6 Å². The third-order valence-corrected chi connectivity index (χ3v) is 3.59. The van der Waals surface area contributed by atoms with Crippen molar-refractivity contribution in [1.82, 2.24) is 10.6 Å². The quantitative estimate of drug-likeness (QED) is 0.329. The number of methoxy groups -OCH3 is 1. The number of rotatable bonds is 8. The lowest BCUT2D eigenvalue weighted by molar-refractivity contribution is -0.140. The molecule has 0 bridgehead atoms. The summed E-state index contributed by atoms with van der Waals surface area (Å²) < 4.78 is 10.0. The summed E-state index contributed by atoms with van der Waals surface area (Å²) in [6.45, 7) is 5.31. The number of aliphatic hydroxyl groups excluding tert-OH is 1. The third-order valence-electron chi connectivity index (χ3n) is 3.59. The second kappa shape index (κ2) is 9.57. The zero-order chi connectivity index (χ0) is 15.6. The van der Waals surface area contributed by atoms with Gasteiger partial charge in [0.25, 0.3) is 0 Å². The summed E-state index contributed by atoms with van der Waals surface area (Å²) in [4.78, 5) is 15.6. The first-order valence-electron chi connectivity index (χ1n) is 7.43. The van der Waals surface area contributed by atoms with E-state index in [9.17, 15) is 9.90 Å². The van der Waals surface area contributed by atoms with Gasteiger partial charge >= 0.3 is 5.97 Å². The highest BCUT2D eigenvalue weighted by Gasteiger charge is 2.34. The summed E-state index contributed by atoms with van der Waals surface area (Å²) in [7, 11) is 1.38. The maximum absolute atomic E-state index is 11.1. The zero-order valence-electron chi connectivity index (χ0n) is 13.0. The molecule has 0 radical (unpaired) electrons. The molecule has 21 heavy (non-hydrogen) atoms. The van der Waals surface area contributed by atoms with Gasteiger partial charge in [-0.2, -0.15) is 0 Å². The van der Waals surface area contributed by atoms with Gasteiger partial charge in [0, 0.05) is 31.7 Å². The van der Waals surface area contributed by atoms with Crippen molar-refractivity contribution in [3.63, 3.8) is 0 Å². The first kappa shape index (κ1) is 17.7. The molecule has 1 saturated heterocycles. The molecule has 122 valence electrons. The van der Waals surface area contributed by atoms with Gasteiger partial charge in [-0.3, -0.25) is 9.79 Å². The highest BCUT2D eigenvalue weighted by molar-refractivity contribution is 5.80. The summed E-state index contributed by atoms with van der Waals surface area (Å²) in [5.41, 5.74) is -0.0700. The van der Waals surface area contributed by atoms with Gasteiger partial charge in [0.15, 0.2) is 5.96 Å². The monoisotopic (exact) mass is 301 g/mol. The lowest BCUT2D eigenvalue weighted by Crippen LogP contribution is -2.39. The molecule has 1 heterocycles. The van der Waals surface area contributed by atoms with Crippen molar-refractivity contribution in [3.8, 4) is 0 Å². The standard InChI is InChI=1S/C14H27N3O4/c1-3-15-13(16-7-4-12(19)20-2)17-10-14(5-8-18)6-9-21-11-14/h18H,3-11H2,1-2H3,(H2,15,16,17). The van der Waals surface area contributed by atoms with Crippen LogP contribution in [0.2, 0.25) is 0 Å². The van der Waals surface area contributed by atoms with E-state index >= 15 is 0 Å². The van der Waals surface area contributed by atoms with E-state index in [4.69, 9.17) is 4.74 Å². The van der Waals surface area contributed by atoms with E-state index in [-0.39, 0.29) is 18.0 Å². The number of nitrogens with one attached hydrogen (secondary N) is 2. The van der Waals surface area contributed by atoms with Crippen LogP contribution in [0, 0.1) is 5.41 Å². The Bertz CT molecular complexity index is 341. The van der Waals surface area contributed by atoms with Crippen LogP contribution >= 0.6 is 0 Å². The highest BCUT2D eigenvalue weighted by atomic mass is 16.5. The molecule has 1 atom stereocenters. The first-order valence-corrected chi connectivity index (χ1v) is 7.43. The van der Waals surface area contributed by atoms with Crippen LogP contribution in [0.1, 0.15) is 26.2 Å². The molecule has 1 rings (SSSR count). The van der Waals surface area contributed by atoms with Crippen molar-refractivity contribution in [1.29, 1.82) is 0 Å². The van der Waals surface area contributed by atoms with Crippen LogP contribution in [0.15, 0.2) is 4.99 Å². The van der Waals surface area contributed by atoms with Gasteiger partial charge in [0.2, 0.25) is 0 Å². The number of aliphatic imine (C=N–C) groups is 1.